The van der Waals surface area contributed by atoms with E-state index in [1.165, 1.54) is 49.6 Å². The molecule has 2 rings (SSSR count). The molecule has 0 aliphatic heterocycles. The molecule has 7 heteroatoms. The highest BCUT2D eigenvalue weighted by Crippen LogP contribution is 2.22. The lowest BCUT2D eigenvalue weighted by molar-refractivity contribution is -0.385. The molecule has 0 amide bonds. The molecule has 0 fully saturated rings. The first kappa shape index (κ1) is 17.9. The van der Waals surface area contributed by atoms with Gasteiger partial charge in [-0.1, -0.05) is 12.1 Å². The largest absolute Gasteiger partial charge is 0.496 e. The second kappa shape index (κ2) is 7.87. The van der Waals surface area contributed by atoms with Crippen LogP contribution in [0.2, 0.25) is 0 Å². The summed E-state index contributed by atoms with van der Waals surface area (Å²) in [6.45, 7) is 0. The Kier molecular flexibility index (Phi) is 5.62. The van der Waals surface area contributed by atoms with Crippen molar-refractivity contribution in [2.75, 3.05) is 7.11 Å². The molecule has 0 saturated carbocycles. The molecule has 0 aliphatic rings. The minimum Gasteiger partial charge on any atom is -0.496 e. The predicted octanol–water partition coefficient (Wildman–Crippen LogP) is 3.13. The van der Waals surface area contributed by atoms with Crippen LogP contribution in [0.5, 0.6) is 5.75 Å². The molecular weight excluding hydrogens is 326 g/mol. The van der Waals surface area contributed by atoms with Crippen molar-refractivity contribution in [3.8, 4) is 5.75 Å². The number of aliphatic carboxylic acids is 1. The number of nitro benzene ring substituents is 1. The Morgan fingerprint density at radius 1 is 1.24 bits per heavy atom. The molecule has 0 heterocycles. The first-order valence-electron chi connectivity index (χ1n) is 7.27. The highest BCUT2D eigenvalue weighted by molar-refractivity contribution is 6.07. The molecule has 0 saturated heterocycles. The second-order valence-corrected chi connectivity index (χ2v) is 5.11. The highest BCUT2D eigenvalue weighted by Gasteiger charge is 2.13. The maximum absolute atomic E-state index is 12.3. The van der Waals surface area contributed by atoms with E-state index in [-0.39, 0.29) is 17.7 Å². The third-order valence-corrected chi connectivity index (χ3v) is 3.45. The smallest absolute Gasteiger partial charge is 0.307 e. The van der Waals surface area contributed by atoms with Gasteiger partial charge in [0.2, 0.25) is 0 Å². The number of methoxy groups -OCH3 is 1. The number of ketones is 1. The maximum atomic E-state index is 12.3. The average Bonchev–Trinajstić information content (AvgIpc) is 2.59. The Balaban J connectivity index is 2.29. The molecule has 128 valence electrons. The molecule has 2 aromatic carbocycles. The first-order valence-corrected chi connectivity index (χ1v) is 7.27. The van der Waals surface area contributed by atoms with Crippen molar-refractivity contribution in [1.29, 1.82) is 0 Å². The Bertz CT molecular complexity index is 856. The van der Waals surface area contributed by atoms with E-state index in [1.807, 2.05) is 0 Å². The van der Waals surface area contributed by atoms with Crippen LogP contribution >= 0.6 is 0 Å². The van der Waals surface area contributed by atoms with E-state index in [1.54, 1.807) is 12.1 Å². The van der Waals surface area contributed by atoms with E-state index in [0.717, 1.165) is 0 Å². The molecule has 0 aromatic heterocycles. The Morgan fingerprint density at radius 2 is 1.96 bits per heavy atom. The third-order valence-electron chi connectivity index (χ3n) is 3.45. The summed E-state index contributed by atoms with van der Waals surface area (Å²) in [5.74, 6) is -1.06. The zero-order valence-electron chi connectivity index (χ0n) is 13.3. The van der Waals surface area contributed by atoms with Gasteiger partial charge >= 0.3 is 5.97 Å². The lowest BCUT2D eigenvalue weighted by atomic mass is 10.0. The summed E-state index contributed by atoms with van der Waals surface area (Å²) in [5.41, 5.74) is 0.847. The van der Waals surface area contributed by atoms with Gasteiger partial charge in [-0.2, -0.15) is 0 Å². The summed E-state index contributed by atoms with van der Waals surface area (Å²) in [6, 6.07) is 10.5. The van der Waals surface area contributed by atoms with Crippen LogP contribution in [0.1, 0.15) is 21.5 Å². The molecule has 2 aromatic rings. The van der Waals surface area contributed by atoms with Gasteiger partial charge in [0.1, 0.15) is 5.75 Å². The van der Waals surface area contributed by atoms with Crippen molar-refractivity contribution < 1.29 is 24.4 Å². The van der Waals surface area contributed by atoms with E-state index in [4.69, 9.17) is 9.84 Å². The number of benzene rings is 2. The van der Waals surface area contributed by atoms with E-state index < -0.39 is 16.7 Å². The van der Waals surface area contributed by atoms with E-state index in [9.17, 15) is 19.7 Å². The van der Waals surface area contributed by atoms with Crippen molar-refractivity contribution in [1.82, 2.24) is 0 Å². The van der Waals surface area contributed by atoms with Gasteiger partial charge in [0, 0.05) is 17.2 Å². The number of hydrogen-bond donors (Lipinski definition) is 1. The molecule has 0 bridgehead atoms. The van der Waals surface area contributed by atoms with Crippen LogP contribution in [0.15, 0.2) is 48.5 Å². The molecule has 0 aliphatic carbocycles. The number of carbonyl (C=O) groups is 2. The Hall–Kier alpha value is -3.48. The van der Waals surface area contributed by atoms with E-state index >= 15 is 0 Å². The summed E-state index contributed by atoms with van der Waals surface area (Å²) in [5, 5.41) is 19.9. The average molecular weight is 341 g/mol. The number of carbonyl (C=O) groups excluding carboxylic acids is 1. The van der Waals surface area contributed by atoms with Crippen LogP contribution in [0.25, 0.3) is 6.08 Å². The van der Waals surface area contributed by atoms with Crippen LogP contribution in [0, 0.1) is 10.1 Å². The highest BCUT2D eigenvalue weighted by atomic mass is 16.6. The van der Waals surface area contributed by atoms with Gasteiger partial charge in [-0.3, -0.25) is 19.7 Å². The molecule has 0 atom stereocenters. The number of para-hydroxylation sites is 1. The van der Waals surface area contributed by atoms with Crippen molar-refractivity contribution >= 4 is 23.5 Å². The molecule has 0 radical (unpaired) electrons. The van der Waals surface area contributed by atoms with Crippen LogP contribution in [0.3, 0.4) is 0 Å². The number of nitro groups is 1. The summed E-state index contributed by atoms with van der Waals surface area (Å²) in [6.07, 6.45) is 2.30. The van der Waals surface area contributed by atoms with Gasteiger partial charge < -0.3 is 9.84 Å². The van der Waals surface area contributed by atoms with Crippen molar-refractivity contribution in [3.05, 3.63) is 75.3 Å². The van der Waals surface area contributed by atoms with Crippen molar-refractivity contribution in [2.24, 2.45) is 0 Å². The van der Waals surface area contributed by atoms with Gasteiger partial charge in [-0.25, -0.2) is 0 Å². The van der Waals surface area contributed by atoms with Gasteiger partial charge in [0.05, 0.1) is 24.0 Å². The van der Waals surface area contributed by atoms with Crippen LogP contribution in [-0.2, 0) is 11.2 Å². The van der Waals surface area contributed by atoms with Crippen LogP contribution in [0.4, 0.5) is 5.69 Å². The Labute approximate surface area is 143 Å². The number of nitrogens with zero attached hydrogens (tertiary/aromatic N) is 1. The fourth-order valence-electron chi connectivity index (χ4n) is 2.29. The minimum absolute atomic E-state index is 0.104. The zero-order valence-corrected chi connectivity index (χ0v) is 13.3. The quantitative estimate of drug-likeness (QED) is 0.359. The monoisotopic (exact) mass is 341 g/mol. The molecule has 0 unspecified atom stereocenters. The van der Waals surface area contributed by atoms with Gasteiger partial charge in [0.15, 0.2) is 5.78 Å². The van der Waals surface area contributed by atoms with Gasteiger partial charge in [0.25, 0.3) is 5.69 Å². The zero-order chi connectivity index (χ0) is 18.4. The summed E-state index contributed by atoms with van der Waals surface area (Å²) < 4.78 is 5.08. The fourth-order valence-corrected chi connectivity index (χ4v) is 2.29. The lowest BCUT2D eigenvalue weighted by Gasteiger charge is -2.08. The van der Waals surface area contributed by atoms with Crippen molar-refractivity contribution in [3.63, 3.8) is 0 Å². The van der Waals surface area contributed by atoms with Crippen LogP contribution in [-0.4, -0.2) is 28.9 Å². The normalized spacial score (nSPS) is 10.6. The summed E-state index contributed by atoms with van der Waals surface area (Å²) >= 11 is 0. The summed E-state index contributed by atoms with van der Waals surface area (Å²) in [7, 11) is 1.41. The molecule has 25 heavy (non-hydrogen) atoms. The van der Waals surface area contributed by atoms with Crippen LogP contribution < -0.4 is 4.74 Å². The molecule has 0 spiro atoms. The minimum atomic E-state index is -1.04. The predicted molar refractivity (Wildman–Crippen MR) is 90.8 cm³/mol. The number of rotatable bonds is 7. The van der Waals surface area contributed by atoms with Crippen molar-refractivity contribution in [2.45, 2.75) is 6.42 Å². The van der Waals surface area contributed by atoms with E-state index in [2.05, 4.69) is 0 Å². The second-order valence-electron chi connectivity index (χ2n) is 5.11. The number of allylic oxidation sites excluding steroid dienone is 1. The molecule has 7 nitrogen and oxygen atoms in total. The standard InChI is InChI=1S/C18H15NO6/c1-25-17-9-7-13(10-14(17)11-18(21)22)16(20)8-6-12-4-2-3-5-15(12)19(23)24/h2-10H,11H2,1H3,(H,21,22). The molecule has 1 N–H and O–H groups in total. The number of hydrogen-bond acceptors (Lipinski definition) is 5. The van der Waals surface area contributed by atoms with Gasteiger partial charge in [-0.05, 0) is 36.4 Å². The van der Waals surface area contributed by atoms with E-state index in [0.29, 0.717) is 16.9 Å². The SMILES string of the molecule is COc1ccc(C(=O)C=Cc2ccccc2[N+](=O)[O-])cc1CC(=O)O. The third kappa shape index (κ3) is 4.51. The number of ether oxygens (including phenoxy) is 1. The topological polar surface area (TPSA) is 107 Å². The lowest BCUT2D eigenvalue weighted by Crippen LogP contribution is -2.04. The Morgan fingerprint density at radius 3 is 2.60 bits per heavy atom. The number of carboxylic acid groups (broad SMARTS) is 1. The first-order chi connectivity index (χ1) is 11.9. The maximum Gasteiger partial charge on any atom is 0.307 e. The molecular formula is C18H15NO6. The van der Waals surface area contributed by atoms with Gasteiger partial charge in [-0.15, -0.1) is 0 Å². The fraction of sp³-hybridized carbons (Fsp3) is 0.111. The number of carboxylic acids is 1. The summed E-state index contributed by atoms with van der Waals surface area (Å²) in [4.78, 5) is 33.6.